The molecule has 2 aliphatic rings. The van der Waals surface area contributed by atoms with Crippen LogP contribution < -0.4 is 0 Å². The van der Waals surface area contributed by atoms with Crippen molar-refractivity contribution < 1.29 is 13.2 Å². The molecule has 0 radical (unpaired) electrons. The monoisotopic (exact) mass is 376 g/mol. The zero-order valence-corrected chi connectivity index (χ0v) is 15.0. The number of aromatic nitrogens is 1. The number of para-hydroxylation sites is 1. The molecule has 25 heavy (non-hydrogen) atoms. The molecule has 1 N–H and O–H groups in total. The van der Waals surface area contributed by atoms with Gasteiger partial charge in [-0.05, 0) is 6.07 Å². The van der Waals surface area contributed by atoms with Crippen LogP contribution in [0.25, 0.3) is 10.9 Å². The van der Waals surface area contributed by atoms with Crippen LogP contribution in [0.1, 0.15) is 12.5 Å². The lowest BCUT2D eigenvalue weighted by molar-refractivity contribution is -0.115. The fourth-order valence-electron chi connectivity index (χ4n) is 3.14. The summed E-state index contributed by atoms with van der Waals surface area (Å²) in [4.78, 5) is 18.6. The summed E-state index contributed by atoms with van der Waals surface area (Å²) in [6.45, 7) is 1.37. The summed E-state index contributed by atoms with van der Waals surface area (Å²) in [6, 6.07) is 7.57. The van der Waals surface area contributed by atoms with Gasteiger partial charge in [0.05, 0.1) is 29.0 Å². The first-order chi connectivity index (χ1) is 11.9. The Balaban J connectivity index is 1.69. The molecule has 7 nitrogen and oxygen atoms in total. The number of thioether (sulfide) groups is 1. The second-order valence-corrected chi connectivity index (χ2v) is 9.45. The van der Waals surface area contributed by atoms with Crippen molar-refractivity contribution in [2.75, 3.05) is 11.5 Å². The number of carbonyl (C=O) groups excluding carboxylic acids is 1. The average molecular weight is 376 g/mol. The minimum Gasteiger partial charge on any atom is -0.361 e. The maximum atomic E-state index is 11.9. The average Bonchev–Trinajstić information content (AvgIpc) is 3.16. The summed E-state index contributed by atoms with van der Waals surface area (Å²) in [6.07, 6.45) is 3.53. The predicted molar refractivity (Wildman–Crippen MR) is 99.7 cm³/mol. The lowest BCUT2D eigenvalue weighted by Crippen LogP contribution is -2.33. The van der Waals surface area contributed by atoms with E-state index in [1.807, 2.05) is 30.5 Å². The highest BCUT2D eigenvalue weighted by molar-refractivity contribution is 8.15. The van der Waals surface area contributed by atoms with Crippen molar-refractivity contribution in [3.63, 3.8) is 0 Å². The van der Waals surface area contributed by atoms with Gasteiger partial charge in [0.2, 0.25) is 5.91 Å². The Morgan fingerprint density at radius 2 is 2.16 bits per heavy atom. The molecule has 4 rings (SSSR count). The molecule has 9 heteroatoms. The number of aliphatic imine (C=N–C) groups is 1. The van der Waals surface area contributed by atoms with Gasteiger partial charge in [-0.15, -0.1) is 0 Å². The number of H-pyrrole nitrogens is 1. The Labute approximate surface area is 149 Å². The van der Waals surface area contributed by atoms with E-state index in [4.69, 9.17) is 0 Å². The molecule has 0 bridgehead atoms. The quantitative estimate of drug-likeness (QED) is 0.804. The first-order valence-electron chi connectivity index (χ1n) is 7.79. The van der Waals surface area contributed by atoms with Gasteiger partial charge in [-0.1, -0.05) is 30.0 Å². The number of amides is 1. The molecule has 2 saturated heterocycles. The molecule has 2 fully saturated rings. The van der Waals surface area contributed by atoms with E-state index in [1.165, 1.54) is 18.7 Å². The number of rotatable bonds is 2. The normalized spacial score (nSPS) is 26.8. The predicted octanol–water partition coefficient (Wildman–Crippen LogP) is 1.62. The number of benzene rings is 1. The molecule has 0 unspecified atom stereocenters. The maximum absolute atomic E-state index is 11.9. The Hall–Kier alpha value is -2.13. The molecule has 0 aliphatic carbocycles. The maximum Gasteiger partial charge on any atom is 0.245 e. The first kappa shape index (κ1) is 16.3. The number of aromatic amines is 1. The van der Waals surface area contributed by atoms with Gasteiger partial charge in [0.25, 0.3) is 0 Å². The van der Waals surface area contributed by atoms with Gasteiger partial charge >= 0.3 is 0 Å². The standard InChI is InChI=1S/C16H16N4O3S2/c1-10(21)19-16-20(14-8-25(22,23)9-15(14)24-16)18-7-11-6-17-13-5-3-2-4-12(11)13/h2-7,14-15,17H,8-9H2,1H3/t14-,15-/m0/s1. The molecular weight excluding hydrogens is 360 g/mol. The van der Waals surface area contributed by atoms with Crippen molar-refractivity contribution >= 4 is 49.8 Å². The van der Waals surface area contributed by atoms with Gasteiger partial charge in [-0.25, -0.2) is 13.4 Å². The Kier molecular flexibility index (Phi) is 3.92. The molecule has 1 amide bonds. The zero-order valence-electron chi connectivity index (χ0n) is 13.4. The largest absolute Gasteiger partial charge is 0.361 e. The van der Waals surface area contributed by atoms with E-state index in [1.54, 1.807) is 11.2 Å². The molecule has 2 aliphatic heterocycles. The summed E-state index contributed by atoms with van der Waals surface area (Å²) in [5, 5.41) is 7.42. The molecule has 2 atom stereocenters. The van der Waals surface area contributed by atoms with Crippen molar-refractivity contribution in [2.45, 2.75) is 18.2 Å². The SMILES string of the molecule is CC(=O)N=C1S[C@H]2CS(=O)(=O)C[C@@H]2N1N=Cc1c[nH]c2ccccc12. The van der Waals surface area contributed by atoms with Gasteiger partial charge in [0, 0.05) is 29.6 Å². The van der Waals surface area contributed by atoms with E-state index in [2.05, 4.69) is 15.1 Å². The number of fused-ring (bicyclic) bond motifs is 2. The van der Waals surface area contributed by atoms with Gasteiger partial charge in [-0.2, -0.15) is 10.1 Å². The number of sulfone groups is 1. The van der Waals surface area contributed by atoms with Crippen molar-refractivity contribution in [3.05, 3.63) is 36.0 Å². The number of hydrogen-bond acceptors (Lipinski definition) is 5. The first-order valence-corrected chi connectivity index (χ1v) is 10.5. The van der Waals surface area contributed by atoms with E-state index < -0.39 is 9.84 Å². The highest BCUT2D eigenvalue weighted by Gasteiger charge is 2.49. The van der Waals surface area contributed by atoms with E-state index in [9.17, 15) is 13.2 Å². The van der Waals surface area contributed by atoms with E-state index in [-0.39, 0.29) is 28.7 Å². The van der Waals surface area contributed by atoms with Crippen LogP contribution in [0.2, 0.25) is 0 Å². The third-order valence-corrected chi connectivity index (χ3v) is 7.43. The van der Waals surface area contributed by atoms with Crippen LogP contribution in [0.15, 0.2) is 40.6 Å². The number of carbonyl (C=O) groups is 1. The fraction of sp³-hybridized carbons (Fsp3) is 0.312. The molecule has 3 heterocycles. The van der Waals surface area contributed by atoms with Crippen LogP contribution in [0.5, 0.6) is 0 Å². The highest BCUT2D eigenvalue weighted by atomic mass is 32.2. The van der Waals surface area contributed by atoms with Crippen LogP contribution in [0.3, 0.4) is 0 Å². The molecular formula is C16H16N4O3S2. The smallest absolute Gasteiger partial charge is 0.245 e. The second-order valence-electron chi connectivity index (χ2n) is 6.09. The fourth-order valence-corrected chi connectivity index (χ4v) is 7.02. The Morgan fingerprint density at radius 1 is 1.36 bits per heavy atom. The Morgan fingerprint density at radius 3 is 2.96 bits per heavy atom. The van der Waals surface area contributed by atoms with Crippen molar-refractivity contribution in [1.29, 1.82) is 0 Å². The van der Waals surface area contributed by atoms with Gasteiger partial charge in [-0.3, -0.25) is 4.79 Å². The van der Waals surface area contributed by atoms with E-state index in [0.717, 1.165) is 16.5 Å². The lowest BCUT2D eigenvalue weighted by Gasteiger charge is -2.17. The van der Waals surface area contributed by atoms with E-state index in [0.29, 0.717) is 5.17 Å². The minimum absolute atomic E-state index is 0.0345. The summed E-state index contributed by atoms with van der Waals surface area (Å²) < 4.78 is 23.8. The molecule has 2 aromatic rings. The molecule has 0 spiro atoms. The number of nitrogens with zero attached hydrogens (tertiary/aromatic N) is 3. The van der Waals surface area contributed by atoms with Gasteiger partial charge in [0.1, 0.15) is 0 Å². The summed E-state index contributed by atoms with van der Waals surface area (Å²) in [5.41, 5.74) is 1.89. The number of nitrogens with one attached hydrogen (secondary N) is 1. The number of amidine groups is 1. The second kappa shape index (κ2) is 5.99. The van der Waals surface area contributed by atoms with E-state index >= 15 is 0 Å². The number of hydrogen-bond donors (Lipinski definition) is 1. The van der Waals surface area contributed by atoms with Gasteiger partial charge in [0.15, 0.2) is 15.0 Å². The third kappa shape index (κ3) is 3.09. The zero-order chi connectivity index (χ0) is 17.6. The van der Waals surface area contributed by atoms with Gasteiger partial charge < -0.3 is 4.98 Å². The Bertz CT molecular complexity index is 1010. The molecule has 1 aromatic carbocycles. The third-order valence-electron chi connectivity index (χ3n) is 4.23. The number of hydrazone groups is 1. The van der Waals surface area contributed by atoms with Crippen molar-refractivity contribution in [3.8, 4) is 0 Å². The topological polar surface area (TPSA) is 95.0 Å². The molecule has 130 valence electrons. The van der Waals surface area contributed by atoms with Crippen LogP contribution in [-0.4, -0.2) is 58.5 Å². The summed E-state index contributed by atoms with van der Waals surface area (Å²) >= 11 is 1.32. The molecule has 1 aromatic heterocycles. The minimum atomic E-state index is -3.08. The van der Waals surface area contributed by atoms with Crippen molar-refractivity contribution in [2.24, 2.45) is 10.1 Å². The summed E-state index contributed by atoms with van der Waals surface area (Å²) in [7, 11) is -3.08. The van der Waals surface area contributed by atoms with Crippen LogP contribution in [-0.2, 0) is 14.6 Å². The lowest BCUT2D eigenvalue weighted by atomic mass is 10.2. The van der Waals surface area contributed by atoms with Crippen molar-refractivity contribution in [1.82, 2.24) is 9.99 Å². The molecule has 0 saturated carbocycles. The van der Waals surface area contributed by atoms with Crippen LogP contribution in [0.4, 0.5) is 0 Å². The van der Waals surface area contributed by atoms with Crippen LogP contribution >= 0.6 is 11.8 Å². The van der Waals surface area contributed by atoms with Crippen LogP contribution in [0, 0.1) is 0 Å². The summed E-state index contributed by atoms with van der Waals surface area (Å²) in [5.74, 6) is -0.192. The highest BCUT2D eigenvalue weighted by Crippen LogP contribution is 2.38.